The van der Waals surface area contributed by atoms with Gasteiger partial charge in [-0.3, -0.25) is 10.0 Å². The van der Waals surface area contributed by atoms with Crippen molar-refractivity contribution < 1.29 is 17.9 Å². The lowest BCUT2D eigenvalue weighted by molar-refractivity contribution is 0.168. The molecule has 1 aromatic heterocycles. The van der Waals surface area contributed by atoms with Gasteiger partial charge in [-0.15, -0.1) is 0 Å². The van der Waals surface area contributed by atoms with Gasteiger partial charge < -0.3 is 14.7 Å². The maximum Gasteiger partial charge on any atom is 0.411 e. The Labute approximate surface area is 134 Å². The van der Waals surface area contributed by atoms with Crippen molar-refractivity contribution in [3.63, 3.8) is 0 Å². The number of ether oxygens (including phenoxy) is 1. The Balaban J connectivity index is 2.12. The van der Waals surface area contributed by atoms with E-state index in [1.165, 1.54) is 30.5 Å². The van der Waals surface area contributed by atoms with E-state index in [9.17, 15) is 13.2 Å². The molecule has 23 heavy (non-hydrogen) atoms. The summed E-state index contributed by atoms with van der Waals surface area (Å²) in [6.07, 6.45) is 0.823. The molecular weight excluding hydrogens is 320 g/mol. The zero-order valence-corrected chi connectivity index (χ0v) is 13.4. The van der Waals surface area contributed by atoms with Crippen LogP contribution in [0.4, 0.5) is 16.4 Å². The number of rotatable bonds is 5. The number of hydrogen-bond donors (Lipinski definition) is 1. The second kappa shape index (κ2) is 7.05. The van der Waals surface area contributed by atoms with Crippen molar-refractivity contribution in [1.29, 1.82) is 0 Å². The number of hydrogen-bond acceptors (Lipinski definition) is 6. The number of carbonyl (C=O) groups excluding carboxylic acids is 1. The van der Waals surface area contributed by atoms with Gasteiger partial charge >= 0.3 is 6.09 Å². The van der Waals surface area contributed by atoms with Gasteiger partial charge in [-0.1, -0.05) is 6.07 Å². The highest BCUT2D eigenvalue weighted by molar-refractivity contribution is 7.94. The average molecular weight is 335 g/mol. The Bertz CT molecular complexity index is 791. The topological polar surface area (TPSA) is 112 Å². The van der Waals surface area contributed by atoms with Crippen LogP contribution in [0.5, 0.6) is 0 Å². The van der Waals surface area contributed by atoms with Crippen molar-refractivity contribution in [2.45, 2.75) is 18.7 Å². The van der Waals surface area contributed by atoms with Gasteiger partial charge in [0.25, 0.3) is 0 Å². The normalized spacial score (nSPS) is 10.9. The van der Waals surface area contributed by atoms with Crippen LogP contribution in [-0.4, -0.2) is 31.1 Å². The first-order valence-electron chi connectivity index (χ1n) is 6.72. The molecule has 0 atom stereocenters. The van der Waals surface area contributed by atoms with Crippen LogP contribution in [0.2, 0.25) is 0 Å². The number of amides is 1. The van der Waals surface area contributed by atoms with E-state index < -0.39 is 16.1 Å². The van der Waals surface area contributed by atoms with Crippen LogP contribution in [0.1, 0.15) is 12.6 Å². The molecular formula is C14H15N4O4S-. The molecule has 1 N–H and O–H groups in total. The first-order chi connectivity index (χ1) is 10.9. The second-order valence-electron chi connectivity index (χ2n) is 4.43. The van der Waals surface area contributed by atoms with Gasteiger partial charge in [-0.05, 0) is 50.0 Å². The maximum absolute atomic E-state index is 12.2. The monoisotopic (exact) mass is 335 g/mol. The lowest BCUT2D eigenvalue weighted by Crippen LogP contribution is -2.13. The van der Waals surface area contributed by atoms with Crippen molar-refractivity contribution in [3.8, 4) is 0 Å². The van der Waals surface area contributed by atoms with Gasteiger partial charge in [0.05, 0.1) is 11.5 Å². The van der Waals surface area contributed by atoms with E-state index in [0.717, 1.165) is 0 Å². The predicted octanol–water partition coefficient (Wildman–Crippen LogP) is 2.75. The van der Waals surface area contributed by atoms with Crippen molar-refractivity contribution in [2.24, 2.45) is 0 Å². The Morgan fingerprint density at radius 1 is 1.26 bits per heavy atom. The van der Waals surface area contributed by atoms with Crippen LogP contribution in [0.25, 0.3) is 4.72 Å². The van der Waals surface area contributed by atoms with Crippen LogP contribution in [0.15, 0.2) is 41.4 Å². The zero-order valence-electron chi connectivity index (χ0n) is 12.6. The fourth-order valence-electron chi connectivity index (χ4n) is 1.64. The largest absolute Gasteiger partial charge is 0.450 e. The third-order valence-electron chi connectivity index (χ3n) is 2.66. The van der Waals surface area contributed by atoms with Crippen LogP contribution >= 0.6 is 0 Å². The summed E-state index contributed by atoms with van der Waals surface area (Å²) in [5, 5.41) is 2.47. The minimum absolute atomic E-state index is 0.0305. The number of nitrogens with one attached hydrogen (secondary N) is 1. The molecule has 0 aliphatic rings. The molecule has 1 amide bonds. The molecule has 0 radical (unpaired) electrons. The zero-order chi connectivity index (χ0) is 16.9. The quantitative estimate of drug-likeness (QED) is 0.899. The van der Waals surface area contributed by atoms with Gasteiger partial charge in [0.15, 0.2) is 0 Å². The molecule has 0 unspecified atom stereocenters. The summed E-state index contributed by atoms with van der Waals surface area (Å²) in [5.41, 5.74) is 1.03. The minimum Gasteiger partial charge on any atom is -0.450 e. The van der Waals surface area contributed by atoms with E-state index in [1.54, 1.807) is 19.9 Å². The Morgan fingerprint density at radius 3 is 2.57 bits per heavy atom. The molecule has 0 fully saturated rings. The first-order valence-corrected chi connectivity index (χ1v) is 8.16. The third kappa shape index (κ3) is 4.65. The van der Waals surface area contributed by atoms with E-state index in [4.69, 9.17) is 4.74 Å². The number of carbonyl (C=O) groups is 1. The van der Waals surface area contributed by atoms with Crippen molar-refractivity contribution in [1.82, 2.24) is 9.97 Å². The fourth-order valence-corrected chi connectivity index (χ4v) is 2.52. The molecule has 9 heteroatoms. The SMILES string of the molecule is CCOC(=O)Nc1ccc(S(=O)(=O)[N-]c2nccc(C)n2)cc1. The highest BCUT2D eigenvalue weighted by Gasteiger charge is 2.12. The van der Waals surface area contributed by atoms with Gasteiger partial charge in [0.2, 0.25) is 10.0 Å². The average Bonchev–Trinajstić information content (AvgIpc) is 2.47. The third-order valence-corrected chi connectivity index (χ3v) is 3.93. The molecule has 0 spiro atoms. The summed E-state index contributed by atoms with van der Waals surface area (Å²) in [6.45, 7) is 3.64. The van der Waals surface area contributed by atoms with Gasteiger partial charge in [0, 0.05) is 11.6 Å². The molecule has 1 aromatic carbocycles. The van der Waals surface area contributed by atoms with E-state index in [1.807, 2.05) is 0 Å². The van der Waals surface area contributed by atoms with E-state index in [2.05, 4.69) is 20.0 Å². The minimum atomic E-state index is -3.93. The van der Waals surface area contributed by atoms with Crippen LogP contribution in [0, 0.1) is 6.92 Å². The number of sulfonamides is 1. The van der Waals surface area contributed by atoms with Crippen LogP contribution < -0.4 is 5.32 Å². The molecule has 0 aliphatic carbocycles. The summed E-state index contributed by atoms with van der Waals surface area (Å²) in [5.74, 6) is -0.126. The number of aromatic nitrogens is 2. The van der Waals surface area contributed by atoms with Gasteiger partial charge in [0.1, 0.15) is 0 Å². The van der Waals surface area contributed by atoms with Crippen LogP contribution in [-0.2, 0) is 14.8 Å². The summed E-state index contributed by atoms with van der Waals surface area (Å²) in [7, 11) is -3.93. The molecule has 0 saturated heterocycles. The maximum atomic E-state index is 12.2. The van der Waals surface area contributed by atoms with Gasteiger partial charge in [-0.2, -0.15) is 0 Å². The standard InChI is InChI=1S/C14H16N4O4S/c1-3-22-14(19)17-11-4-6-12(7-5-11)23(20,21)18-13-15-9-8-10(2)16-13/h4-9H,3H2,1-2H3,(H2,15,16,17,18,19)/p-1. The fraction of sp³-hybridized carbons (Fsp3) is 0.214. The molecule has 0 aliphatic heterocycles. The summed E-state index contributed by atoms with van der Waals surface area (Å²) in [4.78, 5) is 19.0. The molecule has 0 saturated carbocycles. The van der Waals surface area contributed by atoms with E-state index in [0.29, 0.717) is 11.4 Å². The summed E-state index contributed by atoms with van der Waals surface area (Å²) in [6, 6.07) is 7.18. The first kappa shape index (κ1) is 16.7. The van der Waals surface area contributed by atoms with Crippen LogP contribution in [0.3, 0.4) is 0 Å². The highest BCUT2D eigenvalue weighted by Crippen LogP contribution is 2.25. The molecule has 122 valence electrons. The summed E-state index contributed by atoms with van der Waals surface area (Å²) < 4.78 is 32.7. The number of benzene rings is 1. The lowest BCUT2D eigenvalue weighted by Gasteiger charge is -2.13. The second-order valence-corrected chi connectivity index (χ2v) is 6.04. The predicted molar refractivity (Wildman–Crippen MR) is 84.1 cm³/mol. The molecule has 2 aromatic rings. The number of aryl methyl sites for hydroxylation is 1. The lowest BCUT2D eigenvalue weighted by atomic mass is 10.3. The van der Waals surface area contributed by atoms with E-state index >= 15 is 0 Å². The van der Waals surface area contributed by atoms with Crippen molar-refractivity contribution >= 4 is 27.8 Å². The van der Waals surface area contributed by atoms with E-state index in [-0.39, 0.29) is 17.5 Å². The summed E-state index contributed by atoms with van der Waals surface area (Å²) >= 11 is 0. The Kier molecular flexibility index (Phi) is 5.12. The molecule has 2 rings (SSSR count). The van der Waals surface area contributed by atoms with Crippen molar-refractivity contribution in [2.75, 3.05) is 11.9 Å². The van der Waals surface area contributed by atoms with Gasteiger partial charge in [-0.25, -0.2) is 13.2 Å². The number of nitrogens with zero attached hydrogens (tertiary/aromatic N) is 3. The number of anilines is 1. The Morgan fingerprint density at radius 2 is 1.96 bits per heavy atom. The molecule has 8 nitrogen and oxygen atoms in total. The molecule has 1 heterocycles. The highest BCUT2D eigenvalue weighted by atomic mass is 32.2. The Hall–Kier alpha value is -2.68. The van der Waals surface area contributed by atoms with Crippen molar-refractivity contribution in [3.05, 3.63) is 46.9 Å². The smallest absolute Gasteiger partial charge is 0.411 e. The molecule has 0 bridgehead atoms.